The summed E-state index contributed by atoms with van der Waals surface area (Å²) < 4.78 is 5.18. The largest absolute Gasteiger partial charge is 0.495 e. The molecule has 0 radical (unpaired) electrons. The molecule has 0 bridgehead atoms. The lowest BCUT2D eigenvalue weighted by molar-refractivity contribution is 0.280. The van der Waals surface area contributed by atoms with Gasteiger partial charge in [0.2, 0.25) is 0 Å². The number of ether oxygens (including phenoxy) is 1. The molecular weight excluding hydrogens is 212 g/mol. The lowest BCUT2D eigenvalue weighted by Gasteiger charge is -2.21. The van der Waals surface area contributed by atoms with Crippen molar-refractivity contribution in [3.63, 3.8) is 0 Å². The van der Waals surface area contributed by atoms with Gasteiger partial charge in [-0.25, -0.2) is 0 Å². The van der Waals surface area contributed by atoms with Crippen LogP contribution in [0.4, 0.5) is 0 Å². The summed E-state index contributed by atoms with van der Waals surface area (Å²) in [5.74, 6) is 0.619. The molecule has 0 aromatic heterocycles. The molecule has 3 heteroatoms. The number of aliphatic hydroxyl groups excluding tert-OH is 1. The lowest BCUT2D eigenvalue weighted by Crippen LogP contribution is -2.12. The summed E-state index contributed by atoms with van der Waals surface area (Å²) in [4.78, 5) is 0. The van der Waals surface area contributed by atoms with Crippen LogP contribution in [0, 0.1) is 0 Å². The van der Waals surface area contributed by atoms with Crippen LogP contribution < -0.4 is 4.74 Å². The summed E-state index contributed by atoms with van der Waals surface area (Å²) >= 11 is 6.05. The fraction of sp³-hybridized carbons (Fsp3) is 0.500. The third kappa shape index (κ3) is 2.64. The second kappa shape index (κ2) is 4.42. The highest BCUT2D eigenvalue weighted by Crippen LogP contribution is 2.34. The Labute approximate surface area is 95.8 Å². The maximum Gasteiger partial charge on any atom is 0.138 e. The van der Waals surface area contributed by atoms with Crippen molar-refractivity contribution in [2.75, 3.05) is 7.11 Å². The first-order valence-corrected chi connectivity index (χ1v) is 5.25. The van der Waals surface area contributed by atoms with E-state index in [1.54, 1.807) is 7.11 Å². The molecule has 0 saturated heterocycles. The van der Waals surface area contributed by atoms with Gasteiger partial charge in [0.15, 0.2) is 0 Å². The maximum atomic E-state index is 9.19. The van der Waals surface area contributed by atoms with Gasteiger partial charge in [0.1, 0.15) is 5.75 Å². The minimum Gasteiger partial charge on any atom is -0.495 e. The van der Waals surface area contributed by atoms with Gasteiger partial charge in [0.25, 0.3) is 0 Å². The molecule has 1 rings (SSSR count). The van der Waals surface area contributed by atoms with Crippen LogP contribution in [0.5, 0.6) is 5.75 Å². The van der Waals surface area contributed by atoms with Crippen molar-refractivity contribution in [1.82, 2.24) is 0 Å². The van der Waals surface area contributed by atoms with Gasteiger partial charge in [-0.2, -0.15) is 0 Å². The molecule has 0 aliphatic heterocycles. The van der Waals surface area contributed by atoms with Crippen molar-refractivity contribution < 1.29 is 9.84 Å². The van der Waals surface area contributed by atoms with E-state index in [9.17, 15) is 5.11 Å². The number of hydrogen-bond donors (Lipinski definition) is 1. The smallest absolute Gasteiger partial charge is 0.138 e. The number of hydrogen-bond acceptors (Lipinski definition) is 2. The predicted molar refractivity (Wildman–Crippen MR) is 62.6 cm³/mol. The van der Waals surface area contributed by atoms with Crippen molar-refractivity contribution >= 4 is 11.6 Å². The van der Waals surface area contributed by atoms with Crippen LogP contribution >= 0.6 is 11.6 Å². The highest BCUT2D eigenvalue weighted by molar-refractivity contribution is 6.32. The molecule has 0 amide bonds. The Hall–Kier alpha value is -0.730. The fourth-order valence-corrected chi connectivity index (χ4v) is 1.60. The van der Waals surface area contributed by atoms with E-state index in [0.29, 0.717) is 16.3 Å². The van der Waals surface area contributed by atoms with Crippen LogP contribution in [-0.2, 0) is 12.0 Å². The average Bonchev–Trinajstić information content (AvgIpc) is 2.16. The second-order valence-electron chi connectivity index (χ2n) is 4.56. The minimum absolute atomic E-state index is 0.0157. The molecule has 1 aromatic rings. The third-order valence-corrected chi connectivity index (χ3v) is 2.80. The van der Waals surface area contributed by atoms with E-state index >= 15 is 0 Å². The Morgan fingerprint density at radius 1 is 1.33 bits per heavy atom. The number of benzene rings is 1. The van der Waals surface area contributed by atoms with E-state index in [1.807, 2.05) is 12.1 Å². The molecule has 0 unspecified atom stereocenters. The van der Waals surface area contributed by atoms with Crippen LogP contribution in [0.1, 0.15) is 31.9 Å². The topological polar surface area (TPSA) is 29.5 Å². The average molecular weight is 229 g/mol. The summed E-state index contributed by atoms with van der Waals surface area (Å²) in [6.45, 7) is 6.25. The molecule has 0 aliphatic rings. The normalized spacial score (nSPS) is 11.6. The number of rotatable bonds is 2. The van der Waals surface area contributed by atoms with Gasteiger partial charge in [-0.15, -0.1) is 0 Å². The third-order valence-electron chi connectivity index (χ3n) is 2.37. The van der Waals surface area contributed by atoms with E-state index < -0.39 is 0 Å². The molecule has 1 aromatic carbocycles. The second-order valence-corrected chi connectivity index (χ2v) is 4.94. The first-order chi connectivity index (χ1) is 6.90. The van der Waals surface area contributed by atoms with Gasteiger partial charge in [-0.3, -0.25) is 0 Å². The monoisotopic (exact) mass is 228 g/mol. The van der Waals surface area contributed by atoms with Crippen LogP contribution in [0.3, 0.4) is 0 Å². The SMILES string of the molecule is COc1cc(C(C)(C)C)cc(CO)c1Cl. The van der Waals surface area contributed by atoms with Gasteiger partial charge in [-0.05, 0) is 17.0 Å². The maximum absolute atomic E-state index is 9.19. The van der Waals surface area contributed by atoms with Crippen LogP contribution in [0.15, 0.2) is 12.1 Å². The predicted octanol–water partition coefficient (Wildman–Crippen LogP) is 3.14. The van der Waals surface area contributed by atoms with Gasteiger partial charge in [-0.1, -0.05) is 38.4 Å². The van der Waals surface area contributed by atoms with Gasteiger partial charge < -0.3 is 9.84 Å². The molecule has 0 saturated carbocycles. The van der Waals surface area contributed by atoms with E-state index in [1.165, 1.54) is 0 Å². The summed E-state index contributed by atoms with van der Waals surface area (Å²) in [5.41, 5.74) is 1.83. The van der Waals surface area contributed by atoms with Crippen LogP contribution in [-0.4, -0.2) is 12.2 Å². The van der Waals surface area contributed by atoms with Crippen molar-refractivity contribution in [1.29, 1.82) is 0 Å². The number of aliphatic hydroxyl groups is 1. The van der Waals surface area contributed by atoms with Gasteiger partial charge in [0, 0.05) is 5.56 Å². The highest BCUT2D eigenvalue weighted by atomic mass is 35.5. The Balaban J connectivity index is 3.33. The Kier molecular flexibility index (Phi) is 3.63. The van der Waals surface area contributed by atoms with Crippen molar-refractivity contribution in [2.24, 2.45) is 0 Å². The molecule has 0 spiro atoms. The summed E-state index contributed by atoms with van der Waals surface area (Å²) in [5, 5.41) is 9.68. The first-order valence-electron chi connectivity index (χ1n) is 4.88. The Morgan fingerprint density at radius 3 is 2.33 bits per heavy atom. The fourth-order valence-electron chi connectivity index (χ4n) is 1.35. The van der Waals surface area contributed by atoms with Gasteiger partial charge >= 0.3 is 0 Å². The molecule has 0 atom stereocenters. The molecule has 0 aliphatic carbocycles. The lowest BCUT2D eigenvalue weighted by atomic mass is 9.86. The van der Waals surface area contributed by atoms with Gasteiger partial charge in [0.05, 0.1) is 18.7 Å². The molecule has 2 nitrogen and oxygen atoms in total. The molecule has 1 N–H and O–H groups in total. The molecule has 84 valence electrons. The summed E-state index contributed by atoms with van der Waals surface area (Å²) in [6, 6.07) is 3.84. The highest BCUT2D eigenvalue weighted by Gasteiger charge is 2.18. The minimum atomic E-state index is -0.0703. The quantitative estimate of drug-likeness (QED) is 0.843. The molecule has 0 fully saturated rings. The van der Waals surface area contributed by atoms with E-state index in [-0.39, 0.29) is 12.0 Å². The molecule has 0 heterocycles. The van der Waals surface area contributed by atoms with Crippen molar-refractivity contribution in [3.8, 4) is 5.75 Å². The zero-order valence-corrected chi connectivity index (χ0v) is 10.4. The Morgan fingerprint density at radius 2 is 1.93 bits per heavy atom. The van der Waals surface area contributed by atoms with E-state index in [2.05, 4.69) is 20.8 Å². The van der Waals surface area contributed by atoms with Crippen molar-refractivity contribution in [2.45, 2.75) is 32.8 Å². The zero-order chi connectivity index (χ0) is 11.6. The van der Waals surface area contributed by atoms with Crippen LogP contribution in [0.2, 0.25) is 5.02 Å². The first kappa shape index (κ1) is 12.3. The van der Waals surface area contributed by atoms with E-state index in [0.717, 1.165) is 5.56 Å². The number of methoxy groups -OCH3 is 1. The molecule has 15 heavy (non-hydrogen) atoms. The Bertz CT molecular complexity index is 328. The van der Waals surface area contributed by atoms with Crippen molar-refractivity contribution in [3.05, 3.63) is 28.3 Å². The zero-order valence-electron chi connectivity index (χ0n) is 9.60. The standard InChI is InChI=1S/C12H17ClO2/c1-12(2,3)9-5-8(7-14)11(13)10(6-9)15-4/h5-6,14H,7H2,1-4H3. The van der Waals surface area contributed by atoms with E-state index in [4.69, 9.17) is 16.3 Å². The van der Waals surface area contributed by atoms with Crippen LogP contribution in [0.25, 0.3) is 0 Å². The summed E-state index contributed by atoms with van der Waals surface area (Å²) in [7, 11) is 1.58. The number of halogens is 1. The summed E-state index contributed by atoms with van der Waals surface area (Å²) in [6.07, 6.45) is 0. The molecular formula is C12H17ClO2.